The Bertz CT molecular complexity index is 715. The highest BCUT2D eigenvalue weighted by molar-refractivity contribution is 5.84. The molecule has 126 valence electrons. The Labute approximate surface area is 136 Å². The van der Waals surface area contributed by atoms with Crippen LogP contribution in [0.25, 0.3) is 0 Å². The zero-order valence-electron chi connectivity index (χ0n) is 12.6. The number of carbonyl (C=O) groups is 2. The molecule has 0 saturated carbocycles. The molecule has 0 atom stereocenters. The van der Waals surface area contributed by atoms with Gasteiger partial charge in [-0.15, -0.1) is 0 Å². The predicted molar refractivity (Wildman–Crippen MR) is 81.6 cm³/mol. The maximum absolute atomic E-state index is 12.6. The van der Waals surface area contributed by atoms with E-state index in [1.165, 1.54) is 12.1 Å². The van der Waals surface area contributed by atoms with Crippen LogP contribution in [0.15, 0.2) is 54.6 Å². The van der Waals surface area contributed by atoms with E-state index in [2.05, 4.69) is 10.9 Å². The third-order valence-electron chi connectivity index (χ3n) is 3.17. The SMILES string of the molecule is O=C(Cc1ccccc1)NNC(=O)Cc1cccc(C(F)(F)F)c1. The van der Waals surface area contributed by atoms with Crippen molar-refractivity contribution in [3.63, 3.8) is 0 Å². The molecule has 0 unspecified atom stereocenters. The van der Waals surface area contributed by atoms with Gasteiger partial charge in [0.05, 0.1) is 18.4 Å². The lowest BCUT2D eigenvalue weighted by atomic mass is 10.1. The summed E-state index contributed by atoms with van der Waals surface area (Å²) in [6.07, 6.45) is -4.64. The van der Waals surface area contributed by atoms with E-state index in [1.54, 1.807) is 24.3 Å². The number of nitrogens with one attached hydrogen (secondary N) is 2. The summed E-state index contributed by atoms with van der Waals surface area (Å²) in [5.41, 5.74) is 4.59. The van der Waals surface area contributed by atoms with Gasteiger partial charge >= 0.3 is 6.18 Å². The molecule has 4 nitrogen and oxygen atoms in total. The third-order valence-corrected chi connectivity index (χ3v) is 3.17. The normalized spacial score (nSPS) is 11.0. The molecule has 0 aromatic heterocycles. The van der Waals surface area contributed by atoms with Gasteiger partial charge in [-0.1, -0.05) is 48.5 Å². The number of benzene rings is 2. The van der Waals surface area contributed by atoms with Crippen molar-refractivity contribution >= 4 is 11.8 Å². The second-order valence-corrected chi connectivity index (χ2v) is 5.13. The highest BCUT2D eigenvalue weighted by atomic mass is 19.4. The van der Waals surface area contributed by atoms with E-state index < -0.39 is 23.6 Å². The number of alkyl halides is 3. The Balaban J connectivity index is 1.84. The van der Waals surface area contributed by atoms with Crippen LogP contribution < -0.4 is 10.9 Å². The van der Waals surface area contributed by atoms with E-state index in [0.717, 1.165) is 17.7 Å². The van der Waals surface area contributed by atoms with Crippen molar-refractivity contribution in [1.82, 2.24) is 10.9 Å². The Kier molecular flexibility index (Phi) is 5.57. The van der Waals surface area contributed by atoms with Gasteiger partial charge in [-0.05, 0) is 17.2 Å². The number of hydrazine groups is 1. The van der Waals surface area contributed by atoms with E-state index in [4.69, 9.17) is 0 Å². The van der Waals surface area contributed by atoms with Crippen LogP contribution in [-0.2, 0) is 28.6 Å². The van der Waals surface area contributed by atoms with Crippen molar-refractivity contribution < 1.29 is 22.8 Å². The lowest BCUT2D eigenvalue weighted by Crippen LogP contribution is -2.43. The van der Waals surface area contributed by atoms with Gasteiger partial charge in [-0.3, -0.25) is 20.4 Å². The first kappa shape index (κ1) is 17.5. The quantitative estimate of drug-likeness (QED) is 0.844. The highest BCUT2D eigenvalue weighted by Gasteiger charge is 2.30. The van der Waals surface area contributed by atoms with Crippen molar-refractivity contribution in [2.75, 3.05) is 0 Å². The van der Waals surface area contributed by atoms with Gasteiger partial charge in [0.1, 0.15) is 0 Å². The number of hydrogen-bond donors (Lipinski definition) is 2. The molecule has 2 amide bonds. The lowest BCUT2D eigenvalue weighted by molar-refractivity contribution is -0.137. The highest BCUT2D eigenvalue weighted by Crippen LogP contribution is 2.29. The van der Waals surface area contributed by atoms with Crippen LogP contribution in [0.1, 0.15) is 16.7 Å². The van der Waals surface area contributed by atoms with Crippen LogP contribution in [0.2, 0.25) is 0 Å². The zero-order chi connectivity index (χ0) is 17.6. The second kappa shape index (κ2) is 7.63. The summed E-state index contributed by atoms with van der Waals surface area (Å²) < 4.78 is 37.8. The fourth-order valence-electron chi connectivity index (χ4n) is 2.05. The van der Waals surface area contributed by atoms with E-state index in [9.17, 15) is 22.8 Å². The molecule has 2 N–H and O–H groups in total. The van der Waals surface area contributed by atoms with E-state index >= 15 is 0 Å². The summed E-state index contributed by atoms with van der Waals surface area (Å²) >= 11 is 0. The molecule has 7 heteroatoms. The average Bonchev–Trinajstić information content (AvgIpc) is 2.53. The summed E-state index contributed by atoms with van der Waals surface area (Å²) in [5.74, 6) is -1.02. The molecular formula is C17H15F3N2O2. The molecule has 0 heterocycles. The first-order valence-electron chi connectivity index (χ1n) is 7.12. The molecule has 0 radical (unpaired) electrons. The van der Waals surface area contributed by atoms with Gasteiger partial charge in [0.25, 0.3) is 0 Å². The number of hydrogen-bond acceptors (Lipinski definition) is 2. The number of carbonyl (C=O) groups excluding carboxylic acids is 2. The standard InChI is InChI=1S/C17H15F3N2O2/c18-17(19,20)14-8-4-7-13(9-14)11-16(24)22-21-15(23)10-12-5-2-1-3-6-12/h1-9H,10-11H2,(H,21,23)(H,22,24). The molecule has 2 aromatic carbocycles. The molecular weight excluding hydrogens is 321 g/mol. The van der Waals surface area contributed by atoms with Gasteiger partial charge in [0, 0.05) is 0 Å². The Hall–Kier alpha value is -2.83. The van der Waals surface area contributed by atoms with E-state index in [-0.39, 0.29) is 18.4 Å². The lowest BCUT2D eigenvalue weighted by Gasteiger charge is -2.10. The van der Waals surface area contributed by atoms with Crippen LogP contribution in [0.5, 0.6) is 0 Å². The van der Waals surface area contributed by atoms with E-state index in [0.29, 0.717) is 0 Å². The molecule has 0 saturated heterocycles. The molecule has 0 fully saturated rings. The maximum atomic E-state index is 12.6. The van der Waals surface area contributed by atoms with Crippen LogP contribution in [0.3, 0.4) is 0 Å². The molecule has 0 spiro atoms. The second-order valence-electron chi connectivity index (χ2n) is 5.13. The zero-order valence-corrected chi connectivity index (χ0v) is 12.6. The van der Waals surface area contributed by atoms with Gasteiger partial charge in [-0.2, -0.15) is 13.2 Å². The van der Waals surface area contributed by atoms with Crippen molar-refractivity contribution in [3.05, 3.63) is 71.3 Å². The molecule has 0 aliphatic heterocycles. The first-order valence-corrected chi connectivity index (χ1v) is 7.12. The molecule has 2 rings (SSSR count). The fourth-order valence-corrected chi connectivity index (χ4v) is 2.05. The maximum Gasteiger partial charge on any atom is 0.416 e. The average molecular weight is 336 g/mol. The molecule has 2 aromatic rings. The predicted octanol–water partition coefficient (Wildman–Crippen LogP) is 2.64. The summed E-state index contributed by atoms with van der Waals surface area (Å²) in [5, 5.41) is 0. The van der Waals surface area contributed by atoms with Crippen molar-refractivity contribution in [2.24, 2.45) is 0 Å². The van der Waals surface area contributed by atoms with Crippen molar-refractivity contribution in [1.29, 1.82) is 0 Å². The summed E-state index contributed by atoms with van der Waals surface area (Å²) in [6.45, 7) is 0. The molecule has 0 bridgehead atoms. The monoisotopic (exact) mass is 336 g/mol. The smallest absolute Gasteiger partial charge is 0.273 e. The van der Waals surface area contributed by atoms with Gasteiger partial charge < -0.3 is 0 Å². The Morgan fingerprint density at radius 3 is 1.92 bits per heavy atom. The summed E-state index contributed by atoms with van der Waals surface area (Å²) in [6, 6.07) is 13.4. The minimum atomic E-state index is -4.46. The summed E-state index contributed by atoms with van der Waals surface area (Å²) in [4.78, 5) is 23.4. The van der Waals surface area contributed by atoms with Crippen molar-refractivity contribution in [2.45, 2.75) is 19.0 Å². The number of amides is 2. The van der Waals surface area contributed by atoms with E-state index in [1.807, 2.05) is 6.07 Å². The third kappa shape index (κ3) is 5.42. The van der Waals surface area contributed by atoms with Crippen LogP contribution in [0.4, 0.5) is 13.2 Å². The molecule has 0 aliphatic carbocycles. The topological polar surface area (TPSA) is 58.2 Å². The largest absolute Gasteiger partial charge is 0.416 e. The molecule has 24 heavy (non-hydrogen) atoms. The summed E-state index contributed by atoms with van der Waals surface area (Å²) in [7, 11) is 0. The number of halogens is 3. The van der Waals surface area contributed by atoms with Crippen molar-refractivity contribution in [3.8, 4) is 0 Å². The van der Waals surface area contributed by atoms with Crippen LogP contribution >= 0.6 is 0 Å². The molecule has 0 aliphatic rings. The van der Waals surface area contributed by atoms with Gasteiger partial charge in [-0.25, -0.2) is 0 Å². The Morgan fingerprint density at radius 1 is 0.792 bits per heavy atom. The van der Waals surface area contributed by atoms with Gasteiger partial charge in [0.15, 0.2) is 0 Å². The van der Waals surface area contributed by atoms with Crippen LogP contribution in [-0.4, -0.2) is 11.8 Å². The number of rotatable bonds is 4. The minimum Gasteiger partial charge on any atom is -0.273 e. The van der Waals surface area contributed by atoms with Gasteiger partial charge in [0.2, 0.25) is 11.8 Å². The minimum absolute atomic E-state index is 0.0880. The Morgan fingerprint density at radius 2 is 1.33 bits per heavy atom. The van der Waals surface area contributed by atoms with Crippen LogP contribution in [0, 0.1) is 0 Å². The fraction of sp³-hybridized carbons (Fsp3) is 0.176. The first-order chi connectivity index (χ1) is 11.3.